The Balaban J connectivity index is 1.32. The molecule has 150 valence electrons. The van der Waals surface area contributed by atoms with E-state index in [0.29, 0.717) is 26.1 Å². The van der Waals surface area contributed by atoms with Crippen molar-refractivity contribution in [1.82, 2.24) is 9.88 Å². The Morgan fingerprint density at radius 2 is 2.07 bits per heavy atom. The normalized spacial score (nSPS) is 25.0. The van der Waals surface area contributed by atoms with Crippen LogP contribution in [0.1, 0.15) is 30.4 Å². The zero-order chi connectivity index (χ0) is 20.0. The number of likely N-dealkylation sites (tertiary alicyclic amines) is 1. The maximum absolute atomic E-state index is 13.0. The highest BCUT2D eigenvalue weighted by atomic mass is 16.4. The number of carboxylic acids is 1. The lowest BCUT2D eigenvalue weighted by molar-refractivity contribution is -0.149. The van der Waals surface area contributed by atoms with Gasteiger partial charge in [-0.3, -0.25) is 4.79 Å². The van der Waals surface area contributed by atoms with E-state index in [-0.39, 0.29) is 11.9 Å². The van der Waals surface area contributed by atoms with Gasteiger partial charge in [0.2, 0.25) is 0 Å². The van der Waals surface area contributed by atoms with Crippen molar-refractivity contribution in [2.75, 3.05) is 23.3 Å². The second-order valence-corrected chi connectivity index (χ2v) is 8.35. The van der Waals surface area contributed by atoms with Gasteiger partial charge in [0.05, 0.1) is 5.41 Å². The van der Waals surface area contributed by atoms with Gasteiger partial charge in [0, 0.05) is 43.6 Å². The second-order valence-electron chi connectivity index (χ2n) is 8.35. The number of nitrogens with zero attached hydrogens (tertiary/aromatic N) is 3. The molecule has 3 heterocycles. The third-order valence-corrected chi connectivity index (χ3v) is 6.78. The largest absolute Gasteiger partial charge is 0.481 e. The lowest BCUT2D eigenvalue weighted by Crippen LogP contribution is -2.38. The minimum atomic E-state index is -0.762. The fraction of sp³-hybridized carbons (Fsp3) is 0.409. The SMILES string of the molecule is O=C(Nc1cccc2c1CN(c1ccccn1)C2)N1C[C@@H]2CCC[C@@]2(C(=O)O)C1. The molecule has 1 aromatic heterocycles. The summed E-state index contributed by atoms with van der Waals surface area (Å²) in [5.41, 5.74) is 2.31. The molecule has 2 amide bonds. The first-order valence-corrected chi connectivity index (χ1v) is 10.1. The van der Waals surface area contributed by atoms with Crippen LogP contribution in [0.2, 0.25) is 0 Å². The highest BCUT2D eigenvalue weighted by Crippen LogP contribution is 2.49. The summed E-state index contributed by atoms with van der Waals surface area (Å²) in [6.45, 7) is 2.26. The number of urea groups is 1. The number of hydrogen-bond donors (Lipinski definition) is 2. The van der Waals surface area contributed by atoms with Crippen molar-refractivity contribution in [3.63, 3.8) is 0 Å². The molecule has 2 N–H and O–H groups in total. The molecule has 1 saturated heterocycles. The third kappa shape index (κ3) is 2.92. The number of carboxylic acid groups (broad SMARTS) is 1. The van der Waals surface area contributed by atoms with Gasteiger partial charge in [-0.15, -0.1) is 0 Å². The number of pyridine rings is 1. The monoisotopic (exact) mass is 392 g/mol. The topological polar surface area (TPSA) is 85.8 Å². The molecule has 1 aromatic carbocycles. The molecule has 1 aliphatic carbocycles. The summed E-state index contributed by atoms with van der Waals surface area (Å²) in [5.74, 6) is 0.213. The number of rotatable bonds is 3. The maximum atomic E-state index is 13.0. The molecule has 7 nitrogen and oxygen atoms in total. The van der Waals surface area contributed by atoms with E-state index >= 15 is 0 Å². The highest BCUT2D eigenvalue weighted by Gasteiger charge is 2.55. The number of benzene rings is 1. The molecule has 2 aliphatic heterocycles. The van der Waals surface area contributed by atoms with Crippen LogP contribution in [0, 0.1) is 11.3 Å². The van der Waals surface area contributed by atoms with E-state index in [4.69, 9.17) is 0 Å². The summed E-state index contributed by atoms with van der Waals surface area (Å²) in [4.78, 5) is 33.1. The van der Waals surface area contributed by atoms with Gasteiger partial charge < -0.3 is 20.2 Å². The van der Waals surface area contributed by atoms with Gasteiger partial charge in [-0.2, -0.15) is 0 Å². The lowest BCUT2D eigenvalue weighted by Gasteiger charge is -2.23. The van der Waals surface area contributed by atoms with Crippen molar-refractivity contribution in [1.29, 1.82) is 0 Å². The summed E-state index contributed by atoms with van der Waals surface area (Å²) in [5, 5.41) is 12.8. The molecule has 3 aliphatic rings. The number of nitrogens with one attached hydrogen (secondary N) is 1. The Kier molecular flexibility index (Phi) is 4.19. The van der Waals surface area contributed by atoms with Crippen LogP contribution < -0.4 is 10.2 Å². The van der Waals surface area contributed by atoms with Crippen molar-refractivity contribution < 1.29 is 14.7 Å². The van der Waals surface area contributed by atoms with Gasteiger partial charge in [0.1, 0.15) is 5.82 Å². The molecule has 0 bridgehead atoms. The van der Waals surface area contributed by atoms with Crippen LogP contribution in [0.4, 0.5) is 16.3 Å². The van der Waals surface area contributed by atoms with Crippen LogP contribution in [-0.2, 0) is 17.9 Å². The zero-order valence-electron chi connectivity index (χ0n) is 16.2. The molecular weight excluding hydrogens is 368 g/mol. The summed E-state index contributed by atoms with van der Waals surface area (Å²) in [7, 11) is 0. The number of fused-ring (bicyclic) bond motifs is 2. The first-order valence-electron chi connectivity index (χ1n) is 10.1. The highest BCUT2D eigenvalue weighted by molar-refractivity contribution is 5.92. The predicted molar refractivity (Wildman–Crippen MR) is 109 cm³/mol. The van der Waals surface area contributed by atoms with Crippen molar-refractivity contribution in [2.24, 2.45) is 11.3 Å². The second kappa shape index (κ2) is 6.76. The number of carbonyl (C=O) groups is 2. The molecule has 2 atom stereocenters. The number of aromatic nitrogens is 1. The van der Waals surface area contributed by atoms with Crippen LogP contribution in [0.15, 0.2) is 42.6 Å². The average Bonchev–Trinajstić information content (AvgIpc) is 3.41. The Bertz CT molecular complexity index is 964. The van der Waals surface area contributed by atoms with E-state index in [9.17, 15) is 14.7 Å². The molecule has 2 fully saturated rings. The van der Waals surface area contributed by atoms with Crippen molar-refractivity contribution in [3.8, 4) is 0 Å². The molecule has 29 heavy (non-hydrogen) atoms. The smallest absolute Gasteiger partial charge is 0.321 e. The fourth-order valence-electron chi connectivity index (χ4n) is 5.23. The van der Waals surface area contributed by atoms with Crippen LogP contribution >= 0.6 is 0 Å². The number of anilines is 2. The molecule has 1 saturated carbocycles. The molecule has 2 aromatic rings. The van der Waals surface area contributed by atoms with Crippen molar-refractivity contribution in [2.45, 2.75) is 32.4 Å². The average molecular weight is 392 g/mol. The first kappa shape index (κ1) is 18.0. The number of amides is 2. The minimum Gasteiger partial charge on any atom is -0.481 e. The third-order valence-electron chi connectivity index (χ3n) is 6.78. The van der Waals surface area contributed by atoms with E-state index < -0.39 is 11.4 Å². The minimum absolute atomic E-state index is 0.0619. The van der Waals surface area contributed by atoms with Crippen LogP contribution in [-0.4, -0.2) is 40.1 Å². The molecule has 0 unspecified atom stereocenters. The predicted octanol–water partition coefficient (Wildman–Crippen LogP) is 3.32. The van der Waals surface area contributed by atoms with Gasteiger partial charge in [0.15, 0.2) is 0 Å². The van der Waals surface area contributed by atoms with Crippen LogP contribution in [0.3, 0.4) is 0 Å². The van der Waals surface area contributed by atoms with E-state index in [0.717, 1.165) is 36.5 Å². The molecule has 0 spiro atoms. The van der Waals surface area contributed by atoms with Gasteiger partial charge in [0.25, 0.3) is 0 Å². The Morgan fingerprint density at radius 3 is 2.83 bits per heavy atom. The van der Waals surface area contributed by atoms with E-state index in [1.807, 2.05) is 30.3 Å². The van der Waals surface area contributed by atoms with Crippen LogP contribution in [0.25, 0.3) is 0 Å². The first-order chi connectivity index (χ1) is 14.1. The molecular formula is C22H24N4O3. The zero-order valence-corrected chi connectivity index (χ0v) is 16.2. The van der Waals surface area contributed by atoms with Gasteiger partial charge in [-0.1, -0.05) is 24.6 Å². The van der Waals surface area contributed by atoms with Gasteiger partial charge in [-0.25, -0.2) is 9.78 Å². The molecule has 7 heteroatoms. The maximum Gasteiger partial charge on any atom is 0.321 e. The Morgan fingerprint density at radius 1 is 1.17 bits per heavy atom. The van der Waals surface area contributed by atoms with E-state index in [1.54, 1.807) is 11.1 Å². The quantitative estimate of drug-likeness (QED) is 0.837. The lowest BCUT2D eigenvalue weighted by atomic mass is 9.81. The van der Waals surface area contributed by atoms with Gasteiger partial charge >= 0.3 is 12.0 Å². The van der Waals surface area contributed by atoms with Crippen molar-refractivity contribution in [3.05, 3.63) is 53.7 Å². The summed E-state index contributed by atoms with van der Waals surface area (Å²) in [6, 6.07) is 11.6. The number of carbonyl (C=O) groups excluding carboxylic acids is 1. The van der Waals surface area contributed by atoms with Crippen molar-refractivity contribution >= 4 is 23.5 Å². The standard InChI is InChI=1S/C22H24N4O3/c27-20(28)22-9-4-6-16(22)12-26(14-22)21(29)24-18-7-3-5-15-11-25(13-17(15)18)19-8-1-2-10-23-19/h1-3,5,7-8,10,16H,4,6,9,11-14H2,(H,24,29)(H,27,28)/t16-,22+/m0/s1. The fourth-order valence-corrected chi connectivity index (χ4v) is 5.23. The van der Waals surface area contributed by atoms with E-state index in [1.165, 1.54) is 5.56 Å². The van der Waals surface area contributed by atoms with E-state index in [2.05, 4.69) is 21.3 Å². The summed E-state index contributed by atoms with van der Waals surface area (Å²) < 4.78 is 0. The summed E-state index contributed by atoms with van der Waals surface area (Å²) in [6.07, 6.45) is 4.26. The Hall–Kier alpha value is -3.09. The molecule has 0 radical (unpaired) electrons. The van der Waals surface area contributed by atoms with Crippen LogP contribution in [0.5, 0.6) is 0 Å². The van der Waals surface area contributed by atoms with Gasteiger partial charge in [-0.05, 0) is 42.5 Å². The summed E-state index contributed by atoms with van der Waals surface area (Å²) >= 11 is 0. The Labute approximate surface area is 169 Å². The number of aliphatic carboxylic acids is 1. The molecule has 5 rings (SSSR count). The number of hydrogen-bond acceptors (Lipinski definition) is 4.